The van der Waals surface area contributed by atoms with Crippen molar-refractivity contribution in [2.24, 2.45) is 0 Å². The summed E-state index contributed by atoms with van der Waals surface area (Å²) in [5.41, 5.74) is 6.79. The lowest BCUT2D eigenvalue weighted by atomic mass is 9.88. The van der Waals surface area contributed by atoms with Crippen molar-refractivity contribution in [3.8, 4) is 0 Å². The maximum Gasteiger partial charge on any atom is 0.125 e. The lowest BCUT2D eigenvalue weighted by Crippen LogP contribution is -2.25. The molecule has 1 atom stereocenters. The molecule has 1 unspecified atom stereocenters. The van der Waals surface area contributed by atoms with Crippen molar-refractivity contribution in [1.82, 2.24) is 5.32 Å². The van der Waals surface area contributed by atoms with Crippen molar-refractivity contribution >= 4 is 0 Å². The fourth-order valence-corrected chi connectivity index (χ4v) is 2.92. The van der Waals surface area contributed by atoms with Crippen molar-refractivity contribution in [3.63, 3.8) is 0 Å². The van der Waals surface area contributed by atoms with Gasteiger partial charge in [0.1, 0.15) is 11.5 Å². The molecule has 1 N–H and O–H groups in total. The maximum absolute atomic E-state index is 5.92. The lowest BCUT2D eigenvalue weighted by Gasteiger charge is -2.24. The molecule has 2 nitrogen and oxygen atoms in total. The van der Waals surface area contributed by atoms with E-state index in [1.165, 1.54) is 27.8 Å². The van der Waals surface area contributed by atoms with Crippen molar-refractivity contribution in [1.29, 1.82) is 0 Å². The summed E-state index contributed by atoms with van der Waals surface area (Å²) in [7, 11) is 0. The van der Waals surface area contributed by atoms with Crippen LogP contribution >= 0.6 is 0 Å². The summed E-state index contributed by atoms with van der Waals surface area (Å²) in [4.78, 5) is 0. The Kier molecular flexibility index (Phi) is 4.89. The van der Waals surface area contributed by atoms with Crippen LogP contribution in [0.1, 0.15) is 58.7 Å². The number of rotatable bonds is 5. The first-order valence-electron chi connectivity index (χ1n) is 7.82. The zero-order valence-electron chi connectivity index (χ0n) is 14.1. The van der Waals surface area contributed by atoms with E-state index < -0.39 is 0 Å². The normalized spacial score (nSPS) is 12.7. The Labute approximate surface area is 128 Å². The highest BCUT2D eigenvalue weighted by Crippen LogP contribution is 2.32. The Morgan fingerprint density at radius 2 is 1.62 bits per heavy atom. The number of furan rings is 1. The first kappa shape index (κ1) is 15.8. The molecule has 114 valence electrons. The van der Waals surface area contributed by atoms with Gasteiger partial charge >= 0.3 is 0 Å². The summed E-state index contributed by atoms with van der Waals surface area (Å²) >= 11 is 0. The summed E-state index contributed by atoms with van der Waals surface area (Å²) in [6.45, 7) is 14.0. The van der Waals surface area contributed by atoms with E-state index in [1.54, 1.807) is 0 Å². The van der Waals surface area contributed by atoms with Gasteiger partial charge in [-0.05, 0) is 87.5 Å². The smallest absolute Gasteiger partial charge is 0.125 e. The van der Waals surface area contributed by atoms with Gasteiger partial charge < -0.3 is 9.73 Å². The quantitative estimate of drug-likeness (QED) is 0.844. The van der Waals surface area contributed by atoms with Crippen LogP contribution in [0.4, 0.5) is 0 Å². The van der Waals surface area contributed by atoms with Gasteiger partial charge in [0.25, 0.3) is 0 Å². The minimum atomic E-state index is 0.136. The van der Waals surface area contributed by atoms with Gasteiger partial charge in [-0.25, -0.2) is 0 Å². The fraction of sp³-hybridized carbons (Fsp3) is 0.474. The monoisotopic (exact) mass is 285 g/mol. The molecule has 0 saturated carbocycles. The fourth-order valence-electron chi connectivity index (χ4n) is 2.92. The van der Waals surface area contributed by atoms with E-state index in [0.29, 0.717) is 0 Å². The molecule has 0 radical (unpaired) electrons. The molecule has 1 aromatic carbocycles. The lowest BCUT2D eigenvalue weighted by molar-refractivity contribution is 0.429. The topological polar surface area (TPSA) is 25.2 Å². The molecular formula is C19H27NO. The molecule has 0 bridgehead atoms. The van der Waals surface area contributed by atoms with Crippen LogP contribution < -0.4 is 5.32 Å². The molecule has 2 rings (SSSR count). The second-order valence-corrected chi connectivity index (χ2v) is 6.01. The van der Waals surface area contributed by atoms with E-state index in [4.69, 9.17) is 4.42 Å². The Hall–Kier alpha value is -1.54. The van der Waals surface area contributed by atoms with Crippen LogP contribution in [-0.2, 0) is 0 Å². The Bertz CT molecular complexity index is 598. The summed E-state index contributed by atoms with van der Waals surface area (Å²) in [5, 5.41) is 3.66. The minimum Gasteiger partial charge on any atom is -0.464 e. The number of aryl methyl sites for hydroxylation is 3. The molecule has 0 spiro atoms. The second kappa shape index (κ2) is 6.48. The van der Waals surface area contributed by atoms with E-state index in [0.717, 1.165) is 24.5 Å². The summed E-state index contributed by atoms with van der Waals surface area (Å²) in [5.74, 6) is 1.98. The zero-order valence-corrected chi connectivity index (χ0v) is 14.1. The first-order chi connectivity index (χ1) is 9.95. The van der Waals surface area contributed by atoms with Crippen LogP contribution in [0.2, 0.25) is 0 Å². The van der Waals surface area contributed by atoms with Gasteiger partial charge in [-0.1, -0.05) is 13.0 Å². The molecule has 1 heterocycles. The first-order valence-corrected chi connectivity index (χ1v) is 7.82. The molecule has 0 aliphatic heterocycles. The highest BCUT2D eigenvalue weighted by Gasteiger charge is 2.22. The van der Waals surface area contributed by atoms with Crippen LogP contribution in [0.5, 0.6) is 0 Å². The molecular weight excluding hydrogens is 258 g/mol. The van der Waals surface area contributed by atoms with Gasteiger partial charge in [0.15, 0.2) is 0 Å². The van der Waals surface area contributed by atoms with Gasteiger partial charge in [0.05, 0.1) is 6.04 Å². The van der Waals surface area contributed by atoms with Gasteiger partial charge in [0, 0.05) is 0 Å². The van der Waals surface area contributed by atoms with Crippen LogP contribution in [0.15, 0.2) is 22.6 Å². The summed E-state index contributed by atoms with van der Waals surface area (Å²) in [6.07, 6.45) is 1.11. The van der Waals surface area contributed by atoms with E-state index in [9.17, 15) is 0 Å². The second-order valence-electron chi connectivity index (χ2n) is 6.01. The minimum absolute atomic E-state index is 0.136. The summed E-state index contributed by atoms with van der Waals surface area (Å²) in [6, 6.07) is 6.55. The predicted molar refractivity (Wildman–Crippen MR) is 89.0 cm³/mol. The molecule has 0 saturated heterocycles. The number of benzene rings is 1. The standard InChI is InChI=1S/C19H27NO/c1-7-10-20-19(17-9-8-14(4)21-17)18-15(5)12(2)11-13(3)16(18)6/h8-9,11,19-20H,7,10H2,1-6H3. The third kappa shape index (κ3) is 3.21. The molecule has 0 aliphatic carbocycles. The zero-order chi connectivity index (χ0) is 15.6. The average Bonchev–Trinajstić information content (AvgIpc) is 2.86. The van der Waals surface area contributed by atoms with Gasteiger partial charge in [0.2, 0.25) is 0 Å². The van der Waals surface area contributed by atoms with E-state index in [2.05, 4.69) is 52.1 Å². The maximum atomic E-state index is 5.92. The molecule has 2 aromatic rings. The van der Waals surface area contributed by atoms with Crippen molar-refractivity contribution in [3.05, 3.63) is 57.5 Å². The van der Waals surface area contributed by atoms with Gasteiger partial charge in [-0.2, -0.15) is 0 Å². The van der Waals surface area contributed by atoms with Gasteiger partial charge in [-0.15, -0.1) is 0 Å². The third-order valence-electron chi connectivity index (χ3n) is 4.36. The van der Waals surface area contributed by atoms with E-state index in [1.807, 2.05) is 13.0 Å². The van der Waals surface area contributed by atoms with Crippen LogP contribution in [-0.4, -0.2) is 6.54 Å². The summed E-state index contributed by atoms with van der Waals surface area (Å²) < 4.78 is 5.92. The number of hydrogen-bond acceptors (Lipinski definition) is 2. The highest BCUT2D eigenvalue weighted by molar-refractivity contribution is 5.47. The molecule has 21 heavy (non-hydrogen) atoms. The molecule has 0 amide bonds. The van der Waals surface area contributed by atoms with Crippen molar-refractivity contribution in [2.45, 2.75) is 54.0 Å². The molecule has 2 heteroatoms. The molecule has 0 fully saturated rings. The van der Waals surface area contributed by atoms with Crippen molar-refractivity contribution < 1.29 is 4.42 Å². The van der Waals surface area contributed by atoms with Gasteiger partial charge in [-0.3, -0.25) is 0 Å². The average molecular weight is 285 g/mol. The molecule has 0 aliphatic rings. The SMILES string of the molecule is CCCNC(c1ccc(C)o1)c1c(C)c(C)cc(C)c1C. The Balaban J connectivity index is 2.56. The van der Waals surface area contributed by atoms with Crippen molar-refractivity contribution in [2.75, 3.05) is 6.54 Å². The highest BCUT2D eigenvalue weighted by atomic mass is 16.3. The number of nitrogens with one attached hydrogen (secondary N) is 1. The molecule has 1 aromatic heterocycles. The van der Waals surface area contributed by atoms with E-state index in [-0.39, 0.29) is 6.04 Å². The van der Waals surface area contributed by atoms with E-state index >= 15 is 0 Å². The van der Waals surface area contributed by atoms with Crippen LogP contribution in [0, 0.1) is 34.6 Å². The van der Waals surface area contributed by atoms with Crippen LogP contribution in [0.25, 0.3) is 0 Å². The van der Waals surface area contributed by atoms with Crippen LogP contribution in [0.3, 0.4) is 0 Å². The predicted octanol–water partition coefficient (Wildman–Crippen LogP) is 4.91. The largest absolute Gasteiger partial charge is 0.464 e. The Morgan fingerprint density at radius 3 is 2.10 bits per heavy atom. The number of hydrogen-bond donors (Lipinski definition) is 1. The third-order valence-corrected chi connectivity index (χ3v) is 4.36. The Morgan fingerprint density at radius 1 is 1.00 bits per heavy atom.